The van der Waals surface area contributed by atoms with Gasteiger partial charge in [0.05, 0.1) is 18.4 Å². The van der Waals surface area contributed by atoms with Crippen molar-refractivity contribution in [3.8, 4) is 5.75 Å². The molecule has 2 rings (SSSR count). The highest BCUT2D eigenvalue weighted by molar-refractivity contribution is 6.05. The molecular weight excluding hydrogens is 261 g/mol. The maximum Gasteiger partial charge on any atom is 0.258 e. The Morgan fingerprint density at radius 1 is 1.30 bits per heavy atom. The summed E-state index contributed by atoms with van der Waals surface area (Å²) in [6.45, 7) is 0. The van der Waals surface area contributed by atoms with Crippen LogP contribution in [0.25, 0.3) is 0 Å². The van der Waals surface area contributed by atoms with E-state index >= 15 is 0 Å². The quantitative estimate of drug-likeness (QED) is 0.900. The van der Waals surface area contributed by atoms with E-state index in [2.05, 4.69) is 15.6 Å². The molecule has 0 unspecified atom stereocenters. The molecular formula is C14H14FN3O2. The Bertz CT molecular complexity index is 632. The number of halogens is 1. The Hall–Kier alpha value is -2.63. The van der Waals surface area contributed by atoms with Crippen LogP contribution >= 0.6 is 0 Å². The highest BCUT2D eigenvalue weighted by Gasteiger charge is 2.16. The summed E-state index contributed by atoms with van der Waals surface area (Å²) in [6, 6.07) is 8.23. The fourth-order valence-electron chi connectivity index (χ4n) is 1.73. The standard InChI is InChI=1S/C14H14FN3O2/c1-16-13-12(15)9(7-8-17-13)14(19)18-10-5-3-4-6-11(10)20-2/h3-8H,1-2H3,(H,16,17)(H,18,19). The number of carbonyl (C=O) groups excluding carboxylic acids is 1. The van der Waals surface area contributed by atoms with Crippen LogP contribution in [0.2, 0.25) is 0 Å². The van der Waals surface area contributed by atoms with Crippen molar-refractivity contribution in [2.24, 2.45) is 0 Å². The summed E-state index contributed by atoms with van der Waals surface area (Å²) >= 11 is 0. The number of carbonyl (C=O) groups is 1. The van der Waals surface area contributed by atoms with Gasteiger partial charge >= 0.3 is 0 Å². The molecule has 1 heterocycles. The van der Waals surface area contributed by atoms with Crippen molar-refractivity contribution in [1.82, 2.24) is 4.98 Å². The molecule has 20 heavy (non-hydrogen) atoms. The first kappa shape index (κ1) is 13.8. The number of benzene rings is 1. The van der Waals surface area contributed by atoms with Crippen LogP contribution in [0.5, 0.6) is 5.75 Å². The third-order valence-electron chi connectivity index (χ3n) is 2.73. The second-order valence-electron chi connectivity index (χ2n) is 3.93. The summed E-state index contributed by atoms with van der Waals surface area (Å²) in [6.07, 6.45) is 1.37. The SMILES string of the molecule is CNc1nccc(C(=O)Nc2ccccc2OC)c1F. The molecule has 0 bridgehead atoms. The maximum atomic E-state index is 14.0. The van der Waals surface area contributed by atoms with Gasteiger partial charge in [-0.25, -0.2) is 9.37 Å². The smallest absolute Gasteiger partial charge is 0.258 e. The van der Waals surface area contributed by atoms with Gasteiger partial charge in [-0.15, -0.1) is 0 Å². The fraction of sp³-hybridized carbons (Fsp3) is 0.143. The van der Waals surface area contributed by atoms with Crippen LogP contribution in [0.3, 0.4) is 0 Å². The van der Waals surface area contributed by atoms with Crippen molar-refractivity contribution in [1.29, 1.82) is 0 Å². The van der Waals surface area contributed by atoms with Crippen LogP contribution < -0.4 is 15.4 Å². The molecule has 0 aliphatic rings. The molecule has 1 aromatic heterocycles. The number of hydrogen-bond acceptors (Lipinski definition) is 4. The monoisotopic (exact) mass is 275 g/mol. The average molecular weight is 275 g/mol. The first-order chi connectivity index (χ1) is 9.67. The molecule has 6 heteroatoms. The zero-order chi connectivity index (χ0) is 14.5. The minimum atomic E-state index is -0.692. The van der Waals surface area contributed by atoms with Crippen molar-refractivity contribution >= 4 is 17.4 Å². The van der Waals surface area contributed by atoms with Crippen LogP contribution in [0.15, 0.2) is 36.5 Å². The lowest BCUT2D eigenvalue weighted by Crippen LogP contribution is -2.15. The fourth-order valence-corrected chi connectivity index (χ4v) is 1.73. The Morgan fingerprint density at radius 2 is 2.05 bits per heavy atom. The first-order valence-corrected chi connectivity index (χ1v) is 5.94. The number of rotatable bonds is 4. The number of nitrogens with one attached hydrogen (secondary N) is 2. The van der Waals surface area contributed by atoms with Gasteiger partial charge in [0.1, 0.15) is 5.75 Å². The van der Waals surface area contributed by atoms with Crippen molar-refractivity contribution in [2.45, 2.75) is 0 Å². The lowest BCUT2D eigenvalue weighted by atomic mass is 10.2. The maximum absolute atomic E-state index is 14.0. The molecule has 0 fully saturated rings. The number of amides is 1. The number of ether oxygens (including phenoxy) is 1. The van der Waals surface area contributed by atoms with Crippen LogP contribution in [0.1, 0.15) is 10.4 Å². The number of aromatic nitrogens is 1. The summed E-state index contributed by atoms with van der Waals surface area (Å²) in [4.78, 5) is 15.9. The van der Waals surface area contributed by atoms with Gasteiger partial charge in [0.25, 0.3) is 5.91 Å². The zero-order valence-corrected chi connectivity index (χ0v) is 11.1. The van der Waals surface area contributed by atoms with Crippen molar-refractivity contribution in [2.75, 3.05) is 24.8 Å². The zero-order valence-electron chi connectivity index (χ0n) is 11.1. The van der Waals surface area contributed by atoms with Crippen molar-refractivity contribution in [3.63, 3.8) is 0 Å². The Morgan fingerprint density at radius 3 is 2.75 bits per heavy atom. The van der Waals surface area contributed by atoms with Gasteiger partial charge in [-0.05, 0) is 18.2 Å². The molecule has 104 valence electrons. The summed E-state index contributed by atoms with van der Waals surface area (Å²) in [7, 11) is 3.03. The topological polar surface area (TPSA) is 63.2 Å². The van der Waals surface area contributed by atoms with Gasteiger partial charge in [0.15, 0.2) is 11.6 Å². The van der Waals surface area contributed by atoms with Gasteiger partial charge in [-0.1, -0.05) is 12.1 Å². The molecule has 0 atom stereocenters. The minimum absolute atomic E-state index is 0.0256. The number of para-hydroxylation sites is 2. The molecule has 1 amide bonds. The molecule has 0 aliphatic carbocycles. The number of methoxy groups -OCH3 is 1. The van der Waals surface area contributed by atoms with E-state index in [1.807, 2.05) is 0 Å². The van der Waals surface area contributed by atoms with Gasteiger partial charge in [0, 0.05) is 13.2 Å². The molecule has 0 saturated carbocycles. The van der Waals surface area contributed by atoms with E-state index in [1.54, 1.807) is 24.3 Å². The van der Waals surface area contributed by atoms with E-state index in [0.29, 0.717) is 11.4 Å². The van der Waals surface area contributed by atoms with Gasteiger partial charge in [-0.2, -0.15) is 0 Å². The van der Waals surface area contributed by atoms with E-state index in [0.717, 1.165) is 0 Å². The molecule has 5 nitrogen and oxygen atoms in total. The highest BCUT2D eigenvalue weighted by Crippen LogP contribution is 2.24. The molecule has 0 spiro atoms. The first-order valence-electron chi connectivity index (χ1n) is 5.94. The summed E-state index contributed by atoms with van der Waals surface area (Å²) in [5.41, 5.74) is 0.387. The Balaban J connectivity index is 2.29. The van der Waals surface area contributed by atoms with E-state index < -0.39 is 11.7 Å². The number of hydrogen-bond donors (Lipinski definition) is 2. The molecule has 2 aromatic rings. The second-order valence-corrected chi connectivity index (χ2v) is 3.93. The predicted molar refractivity (Wildman–Crippen MR) is 74.7 cm³/mol. The van der Waals surface area contributed by atoms with Gasteiger partial charge < -0.3 is 15.4 Å². The lowest BCUT2D eigenvalue weighted by molar-refractivity contribution is 0.102. The van der Waals surface area contributed by atoms with Gasteiger partial charge in [0.2, 0.25) is 0 Å². The summed E-state index contributed by atoms with van der Waals surface area (Å²) < 4.78 is 19.1. The third-order valence-corrected chi connectivity index (χ3v) is 2.73. The van der Waals surface area contributed by atoms with Crippen LogP contribution in [0, 0.1) is 5.82 Å². The van der Waals surface area contributed by atoms with E-state index in [4.69, 9.17) is 4.74 Å². The van der Waals surface area contributed by atoms with Crippen molar-refractivity contribution in [3.05, 3.63) is 47.9 Å². The average Bonchev–Trinajstić information content (AvgIpc) is 2.48. The summed E-state index contributed by atoms with van der Waals surface area (Å²) in [5, 5.41) is 5.20. The number of nitrogens with zero attached hydrogens (tertiary/aromatic N) is 1. The third kappa shape index (κ3) is 2.69. The van der Waals surface area contributed by atoms with Gasteiger partial charge in [-0.3, -0.25) is 4.79 Å². The second kappa shape index (κ2) is 6.01. The molecule has 1 aromatic carbocycles. The number of pyridine rings is 1. The Labute approximate surface area is 115 Å². The largest absolute Gasteiger partial charge is 0.495 e. The molecule has 0 radical (unpaired) electrons. The van der Waals surface area contributed by atoms with Crippen LogP contribution in [-0.2, 0) is 0 Å². The van der Waals surface area contributed by atoms with Crippen molar-refractivity contribution < 1.29 is 13.9 Å². The van der Waals surface area contributed by atoms with Crippen LogP contribution in [-0.4, -0.2) is 25.0 Å². The van der Waals surface area contributed by atoms with E-state index in [-0.39, 0.29) is 11.4 Å². The molecule has 2 N–H and O–H groups in total. The molecule has 0 saturated heterocycles. The lowest BCUT2D eigenvalue weighted by Gasteiger charge is -2.11. The van der Waals surface area contributed by atoms with E-state index in [1.165, 1.54) is 26.4 Å². The normalized spacial score (nSPS) is 9.95. The predicted octanol–water partition coefficient (Wildman–Crippen LogP) is 2.52. The van der Waals surface area contributed by atoms with E-state index in [9.17, 15) is 9.18 Å². The highest BCUT2D eigenvalue weighted by atomic mass is 19.1. The van der Waals surface area contributed by atoms with Crippen LogP contribution in [0.4, 0.5) is 15.9 Å². The summed E-state index contributed by atoms with van der Waals surface area (Å²) in [5.74, 6) is -0.727. The number of anilines is 2. The molecule has 0 aliphatic heterocycles. The Kier molecular flexibility index (Phi) is 4.14. The minimum Gasteiger partial charge on any atom is -0.495 e.